The summed E-state index contributed by atoms with van der Waals surface area (Å²) in [7, 11) is -4.13. The second-order valence-electron chi connectivity index (χ2n) is 8.07. The summed E-state index contributed by atoms with van der Waals surface area (Å²) >= 11 is 0. The lowest BCUT2D eigenvalue weighted by molar-refractivity contribution is 0.0985. The smallest absolute Gasteiger partial charge is 0.340 e. The molecule has 0 radical (unpaired) electrons. The molecule has 35 heavy (non-hydrogen) atoms. The Balaban J connectivity index is 1.47. The third-order valence-corrected chi connectivity index (χ3v) is 7.58. The van der Waals surface area contributed by atoms with Gasteiger partial charge in [-0.05, 0) is 54.8 Å². The minimum Gasteiger partial charge on any atom is -0.493 e. The fourth-order valence-corrected chi connectivity index (χ4v) is 5.52. The van der Waals surface area contributed by atoms with Crippen LogP contribution in [0, 0.1) is 0 Å². The Labute approximate surface area is 202 Å². The van der Waals surface area contributed by atoms with Crippen LogP contribution in [0.4, 0.5) is 5.69 Å². The van der Waals surface area contributed by atoms with Gasteiger partial charge in [0.1, 0.15) is 5.75 Å². The van der Waals surface area contributed by atoms with Crippen molar-refractivity contribution in [3.63, 3.8) is 0 Å². The first-order chi connectivity index (χ1) is 16.9. The second-order valence-corrected chi connectivity index (χ2v) is 9.88. The van der Waals surface area contributed by atoms with Crippen LogP contribution in [0.1, 0.15) is 22.8 Å². The Morgan fingerprint density at radius 1 is 1.03 bits per heavy atom. The number of rotatable bonds is 6. The SMILES string of the molecule is CCOc1ccccc1C(=O)N1CCc2cc(S(=O)(=O)n3cc(-c4ccccc4)[nH]c3=O)ccc21. The van der Waals surface area contributed by atoms with Gasteiger partial charge in [-0.3, -0.25) is 4.79 Å². The van der Waals surface area contributed by atoms with Gasteiger partial charge in [0.25, 0.3) is 15.9 Å². The monoisotopic (exact) mass is 489 g/mol. The van der Waals surface area contributed by atoms with Gasteiger partial charge in [-0.2, -0.15) is 3.97 Å². The van der Waals surface area contributed by atoms with E-state index in [2.05, 4.69) is 4.98 Å². The number of nitrogens with one attached hydrogen (secondary N) is 1. The Morgan fingerprint density at radius 2 is 1.77 bits per heavy atom. The fourth-order valence-electron chi connectivity index (χ4n) is 4.25. The zero-order valence-corrected chi connectivity index (χ0v) is 19.8. The van der Waals surface area contributed by atoms with Gasteiger partial charge < -0.3 is 14.6 Å². The van der Waals surface area contributed by atoms with Crippen molar-refractivity contribution in [1.82, 2.24) is 8.96 Å². The van der Waals surface area contributed by atoms with Crippen molar-refractivity contribution in [1.29, 1.82) is 0 Å². The number of hydrogen-bond acceptors (Lipinski definition) is 5. The fraction of sp³-hybridized carbons (Fsp3) is 0.154. The molecule has 0 bridgehead atoms. The predicted molar refractivity (Wildman–Crippen MR) is 133 cm³/mol. The van der Waals surface area contributed by atoms with Crippen molar-refractivity contribution in [2.24, 2.45) is 0 Å². The molecule has 0 fully saturated rings. The van der Waals surface area contributed by atoms with Crippen LogP contribution in [0.3, 0.4) is 0 Å². The number of imidazole rings is 1. The van der Waals surface area contributed by atoms with Gasteiger partial charge in [0.2, 0.25) is 0 Å². The number of amides is 1. The maximum absolute atomic E-state index is 13.3. The van der Waals surface area contributed by atoms with Crippen LogP contribution in [0.5, 0.6) is 5.75 Å². The number of aromatic amines is 1. The normalized spacial score (nSPS) is 13.0. The summed E-state index contributed by atoms with van der Waals surface area (Å²) in [6, 6.07) is 20.6. The van der Waals surface area contributed by atoms with Crippen LogP contribution < -0.4 is 15.3 Å². The van der Waals surface area contributed by atoms with Gasteiger partial charge >= 0.3 is 5.69 Å². The minimum absolute atomic E-state index is 0.0130. The molecule has 0 saturated carbocycles. The topological polar surface area (TPSA) is 101 Å². The molecular weight excluding hydrogens is 466 g/mol. The summed E-state index contributed by atoms with van der Waals surface area (Å²) in [5.74, 6) is 0.298. The highest BCUT2D eigenvalue weighted by Gasteiger charge is 2.30. The lowest BCUT2D eigenvalue weighted by atomic mass is 10.1. The van der Waals surface area contributed by atoms with E-state index in [1.165, 1.54) is 18.3 Å². The second kappa shape index (κ2) is 8.92. The molecular formula is C26H23N3O5S. The number of fused-ring (bicyclic) bond motifs is 1. The molecule has 1 aliphatic heterocycles. The van der Waals surface area contributed by atoms with E-state index >= 15 is 0 Å². The molecule has 4 aromatic rings. The molecule has 0 spiro atoms. The molecule has 0 unspecified atom stereocenters. The third-order valence-electron chi connectivity index (χ3n) is 5.94. The molecule has 9 heteroatoms. The summed E-state index contributed by atoms with van der Waals surface area (Å²) in [4.78, 5) is 30.0. The molecule has 1 aromatic heterocycles. The van der Waals surface area contributed by atoms with E-state index in [0.717, 1.165) is 5.56 Å². The van der Waals surface area contributed by atoms with E-state index in [1.54, 1.807) is 53.4 Å². The van der Waals surface area contributed by atoms with Gasteiger partial charge in [-0.15, -0.1) is 0 Å². The van der Waals surface area contributed by atoms with E-state index in [-0.39, 0.29) is 10.8 Å². The largest absolute Gasteiger partial charge is 0.493 e. The molecule has 0 saturated heterocycles. The maximum Gasteiger partial charge on any atom is 0.340 e. The number of carbonyl (C=O) groups excluding carboxylic acids is 1. The van der Waals surface area contributed by atoms with Crippen molar-refractivity contribution >= 4 is 21.6 Å². The number of anilines is 1. The predicted octanol–water partition coefficient (Wildman–Crippen LogP) is 3.68. The summed E-state index contributed by atoms with van der Waals surface area (Å²) in [6.45, 7) is 2.71. The molecule has 0 atom stereocenters. The highest BCUT2D eigenvalue weighted by Crippen LogP contribution is 2.33. The summed E-state index contributed by atoms with van der Waals surface area (Å²) < 4.78 is 32.9. The van der Waals surface area contributed by atoms with Crippen molar-refractivity contribution < 1.29 is 17.9 Å². The molecule has 3 aromatic carbocycles. The number of benzene rings is 3. The van der Waals surface area contributed by atoms with Gasteiger partial charge in [-0.1, -0.05) is 42.5 Å². The minimum atomic E-state index is -4.13. The average Bonchev–Trinajstić information content (AvgIpc) is 3.48. The number of hydrogen-bond donors (Lipinski definition) is 1. The van der Waals surface area contributed by atoms with E-state index in [1.807, 2.05) is 19.1 Å². The van der Waals surface area contributed by atoms with Gasteiger partial charge in [0.15, 0.2) is 0 Å². The summed E-state index contributed by atoms with van der Waals surface area (Å²) in [5.41, 5.74) is 2.19. The van der Waals surface area contributed by atoms with Crippen molar-refractivity contribution in [3.05, 3.63) is 101 Å². The molecule has 2 heterocycles. The van der Waals surface area contributed by atoms with Crippen molar-refractivity contribution in [2.45, 2.75) is 18.2 Å². The van der Waals surface area contributed by atoms with E-state index in [4.69, 9.17) is 4.74 Å². The van der Waals surface area contributed by atoms with Crippen LogP contribution in [0.15, 0.2) is 88.7 Å². The standard InChI is InChI=1S/C26H23N3O5S/c1-2-34-24-11-7-6-10-21(24)25(30)28-15-14-19-16-20(12-13-23(19)28)35(32,33)29-17-22(27-26(29)31)18-8-4-3-5-9-18/h3-13,16-17H,2,14-15H2,1H3,(H,27,31). The molecule has 1 amide bonds. The molecule has 1 N–H and O–H groups in total. The number of ether oxygens (including phenoxy) is 1. The average molecular weight is 490 g/mol. The van der Waals surface area contributed by atoms with Gasteiger partial charge in [0, 0.05) is 12.2 Å². The van der Waals surface area contributed by atoms with E-state index in [0.29, 0.717) is 51.8 Å². The number of nitrogens with zero attached hydrogens (tertiary/aromatic N) is 2. The highest BCUT2D eigenvalue weighted by atomic mass is 32.2. The molecule has 5 rings (SSSR count). The number of aromatic nitrogens is 2. The number of para-hydroxylation sites is 1. The Kier molecular flexibility index (Phi) is 5.78. The quantitative estimate of drug-likeness (QED) is 0.445. The molecule has 8 nitrogen and oxygen atoms in total. The van der Waals surface area contributed by atoms with Gasteiger partial charge in [-0.25, -0.2) is 13.2 Å². The zero-order valence-electron chi connectivity index (χ0n) is 19.0. The third kappa shape index (κ3) is 4.04. The lowest BCUT2D eigenvalue weighted by Crippen LogP contribution is -2.29. The number of H-pyrrole nitrogens is 1. The van der Waals surface area contributed by atoms with Crippen LogP contribution in [-0.4, -0.2) is 36.4 Å². The summed E-state index contributed by atoms with van der Waals surface area (Å²) in [6.07, 6.45) is 1.79. The number of carbonyl (C=O) groups is 1. The molecule has 0 aliphatic carbocycles. The molecule has 1 aliphatic rings. The van der Waals surface area contributed by atoms with Crippen LogP contribution in [-0.2, 0) is 16.4 Å². The van der Waals surface area contributed by atoms with Crippen LogP contribution >= 0.6 is 0 Å². The first-order valence-electron chi connectivity index (χ1n) is 11.2. The van der Waals surface area contributed by atoms with Gasteiger partial charge in [0.05, 0.1) is 29.0 Å². The van der Waals surface area contributed by atoms with Crippen LogP contribution in [0.2, 0.25) is 0 Å². The Morgan fingerprint density at radius 3 is 2.54 bits per heavy atom. The van der Waals surface area contributed by atoms with E-state index < -0.39 is 15.7 Å². The van der Waals surface area contributed by atoms with E-state index in [9.17, 15) is 18.0 Å². The zero-order chi connectivity index (χ0) is 24.6. The first-order valence-corrected chi connectivity index (χ1v) is 12.6. The Bertz CT molecular complexity index is 1570. The highest BCUT2D eigenvalue weighted by molar-refractivity contribution is 7.90. The van der Waals surface area contributed by atoms with Crippen LogP contribution in [0.25, 0.3) is 11.3 Å². The lowest BCUT2D eigenvalue weighted by Gasteiger charge is -2.19. The maximum atomic E-state index is 13.3. The molecule has 178 valence electrons. The van der Waals surface area contributed by atoms with Crippen molar-refractivity contribution in [3.8, 4) is 17.0 Å². The first kappa shape index (κ1) is 22.7. The Hall–Kier alpha value is -4.11. The van der Waals surface area contributed by atoms with Crippen molar-refractivity contribution in [2.75, 3.05) is 18.1 Å². The summed E-state index contributed by atoms with van der Waals surface area (Å²) in [5, 5.41) is 0.